The zero-order valence-corrected chi connectivity index (χ0v) is 22.6. The highest BCUT2D eigenvalue weighted by molar-refractivity contribution is 6.02. The molecule has 2 unspecified atom stereocenters. The molecular weight excluding hydrogens is 488 g/mol. The van der Waals surface area contributed by atoms with E-state index in [1.165, 1.54) is 5.56 Å². The fourth-order valence-electron chi connectivity index (χ4n) is 5.64. The molecule has 0 aliphatic carbocycles. The second-order valence-electron chi connectivity index (χ2n) is 10.2. The normalized spacial score (nSPS) is 17.0. The van der Waals surface area contributed by atoms with Crippen LogP contribution in [0.25, 0.3) is 10.9 Å². The van der Waals surface area contributed by atoms with Crippen LogP contribution in [0.5, 0.6) is 0 Å². The highest BCUT2D eigenvalue weighted by Gasteiger charge is 2.44. The Hall–Kier alpha value is -3.94. The number of benzene rings is 3. The minimum absolute atomic E-state index is 0.0710. The van der Waals surface area contributed by atoms with Crippen molar-refractivity contribution in [3.63, 3.8) is 0 Å². The number of ether oxygens (including phenoxy) is 1. The number of carbonyl (C=O) groups excluding carboxylic acids is 2. The minimum atomic E-state index is -0.544. The molecule has 5 rings (SSSR count). The summed E-state index contributed by atoms with van der Waals surface area (Å²) in [4.78, 5) is 35.1. The topological polar surface area (TPSA) is 77.7 Å². The van der Waals surface area contributed by atoms with Gasteiger partial charge in [-0.05, 0) is 43.3 Å². The second kappa shape index (κ2) is 12.3. The third kappa shape index (κ3) is 5.75. The van der Waals surface area contributed by atoms with Gasteiger partial charge in [-0.1, -0.05) is 66.7 Å². The van der Waals surface area contributed by atoms with E-state index in [-0.39, 0.29) is 11.8 Å². The molecule has 202 valence electrons. The predicted octanol–water partition coefficient (Wildman–Crippen LogP) is 4.73. The van der Waals surface area contributed by atoms with Crippen molar-refractivity contribution in [2.24, 2.45) is 0 Å². The summed E-state index contributed by atoms with van der Waals surface area (Å²) in [6.45, 7) is 3.06. The zero-order chi connectivity index (χ0) is 27.2. The van der Waals surface area contributed by atoms with E-state index in [1.807, 2.05) is 60.8 Å². The SMILES string of the molecule is COCCN1C(=O)c2ccccc2C(C(=O)NCCCN(C)Cc2ccccc2)C1c1c[nH]c2ccccc12. The number of aromatic nitrogens is 1. The van der Waals surface area contributed by atoms with Gasteiger partial charge in [-0.15, -0.1) is 0 Å². The quantitative estimate of drug-likeness (QED) is 0.278. The summed E-state index contributed by atoms with van der Waals surface area (Å²) in [5.74, 6) is -0.695. The molecule has 7 nitrogen and oxygen atoms in total. The van der Waals surface area contributed by atoms with Crippen molar-refractivity contribution in [1.82, 2.24) is 20.1 Å². The lowest BCUT2D eigenvalue weighted by Crippen LogP contribution is -2.48. The van der Waals surface area contributed by atoms with E-state index < -0.39 is 12.0 Å². The highest BCUT2D eigenvalue weighted by Crippen LogP contribution is 2.44. The van der Waals surface area contributed by atoms with E-state index in [4.69, 9.17) is 4.74 Å². The summed E-state index contributed by atoms with van der Waals surface area (Å²) in [5, 5.41) is 4.21. The van der Waals surface area contributed by atoms with Crippen LogP contribution < -0.4 is 5.32 Å². The summed E-state index contributed by atoms with van der Waals surface area (Å²) >= 11 is 0. The van der Waals surface area contributed by atoms with Gasteiger partial charge in [0.25, 0.3) is 5.91 Å². The van der Waals surface area contributed by atoms with Gasteiger partial charge in [0.2, 0.25) is 5.91 Å². The van der Waals surface area contributed by atoms with Crippen LogP contribution in [0, 0.1) is 0 Å². The first kappa shape index (κ1) is 26.7. The van der Waals surface area contributed by atoms with Crippen LogP contribution in [0.4, 0.5) is 0 Å². The molecular formula is C32H36N4O3. The van der Waals surface area contributed by atoms with Crippen LogP contribution in [0.1, 0.15) is 45.4 Å². The van der Waals surface area contributed by atoms with Crippen LogP contribution in [0.2, 0.25) is 0 Å². The monoisotopic (exact) mass is 524 g/mol. The number of para-hydroxylation sites is 1. The minimum Gasteiger partial charge on any atom is -0.383 e. The van der Waals surface area contributed by atoms with Crippen LogP contribution in [-0.4, -0.2) is 67.0 Å². The van der Waals surface area contributed by atoms with Gasteiger partial charge in [-0.2, -0.15) is 0 Å². The smallest absolute Gasteiger partial charge is 0.254 e. The van der Waals surface area contributed by atoms with Crippen LogP contribution in [0.15, 0.2) is 85.1 Å². The van der Waals surface area contributed by atoms with Gasteiger partial charge in [0.05, 0.1) is 18.6 Å². The number of fused-ring (bicyclic) bond motifs is 2. The van der Waals surface area contributed by atoms with Gasteiger partial charge in [0.1, 0.15) is 0 Å². The van der Waals surface area contributed by atoms with E-state index in [2.05, 4.69) is 46.5 Å². The van der Waals surface area contributed by atoms with Crippen molar-refractivity contribution >= 4 is 22.7 Å². The van der Waals surface area contributed by atoms with Crippen molar-refractivity contribution in [2.75, 3.05) is 40.4 Å². The molecule has 1 aliphatic heterocycles. The van der Waals surface area contributed by atoms with Crippen molar-refractivity contribution in [3.8, 4) is 0 Å². The average molecular weight is 525 g/mol. The Labute approximate surface area is 229 Å². The van der Waals surface area contributed by atoms with Crippen molar-refractivity contribution < 1.29 is 14.3 Å². The molecule has 4 aromatic rings. The fraction of sp³-hybridized carbons (Fsp3) is 0.312. The summed E-state index contributed by atoms with van der Waals surface area (Å²) in [5.41, 5.74) is 4.53. The van der Waals surface area contributed by atoms with Gasteiger partial charge in [0, 0.05) is 55.0 Å². The zero-order valence-electron chi connectivity index (χ0n) is 22.6. The maximum atomic E-state index is 14.0. The molecule has 0 spiro atoms. The van der Waals surface area contributed by atoms with Crippen LogP contribution in [-0.2, 0) is 16.1 Å². The lowest BCUT2D eigenvalue weighted by Gasteiger charge is -2.41. The number of hydrogen-bond acceptors (Lipinski definition) is 4. The first-order valence-electron chi connectivity index (χ1n) is 13.5. The lowest BCUT2D eigenvalue weighted by molar-refractivity contribution is -0.124. The number of H-pyrrole nitrogens is 1. The van der Waals surface area contributed by atoms with E-state index >= 15 is 0 Å². The molecule has 0 saturated carbocycles. The third-order valence-corrected chi connectivity index (χ3v) is 7.51. The first-order valence-corrected chi connectivity index (χ1v) is 13.5. The largest absolute Gasteiger partial charge is 0.383 e. The number of hydrogen-bond donors (Lipinski definition) is 2. The van der Waals surface area contributed by atoms with Crippen LogP contribution >= 0.6 is 0 Å². The van der Waals surface area contributed by atoms with Gasteiger partial charge in [0.15, 0.2) is 0 Å². The summed E-state index contributed by atoms with van der Waals surface area (Å²) in [6.07, 6.45) is 2.77. The molecule has 2 atom stereocenters. The first-order chi connectivity index (χ1) is 19.1. The predicted molar refractivity (Wildman–Crippen MR) is 154 cm³/mol. The summed E-state index contributed by atoms with van der Waals surface area (Å²) in [6, 6.07) is 25.4. The van der Waals surface area contributed by atoms with E-state index in [9.17, 15) is 9.59 Å². The van der Waals surface area contributed by atoms with Gasteiger partial charge >= 0.3 is 0 Å². The number of methoxy groups -OCH3 is 1. The molecule has 0 radical (unpaired) electrons. The van der Waals surface area contributed by atoms with Crippen molar-refractivity contribution in [3.05, 3.63) is 107 Å². The average Bonchev–Trinajstić information content (AvgIpc) is 3.39. The Morgan fingerprint density at radius 3 is 2.56 bits per heavy atom. The maximum Gasteiger partial charge on any atom is 0.254 e. The Balaban J connectivity index is 1.39. The van der Waals surface area contributed by atoms with E-state index in [0.29, 0.717) is 25.3 Å². The second-order valence-corrected chi connectivity index (χ2v) is 10.2. The number of rotatable bonds is 11. The Morgan fingerprint density at radius 2 is 1.74 bits per heavy atom. The Bertz CT molecular complexity index is 1420. The molecule has 2 amide bonds. The Kier molecular flexibility index (Phi) is 8.39. The number of carbonyl (C=O) groups is 2. The van der Waals surface area contributed by atoms with Gasteiger partial charge < -0.3 is 24.8 Å². The van der Waals surface area contributed by atoms with Gasteiger partial charge in [-0.3, -0.25) is 9.59 Å². The third-order valence-electron chi connectivity index (χ3n) is 7.51. The van der Waals surface area contributed by atoms with E-state index in [0.717, 1.165) is 41.5 Å². The van der Waals surface area contributed by atoms with Crippen molar-refractivity contribution in [1.29, 1.82) is 0 Å². The molecule has 2 heterocycles. The number of nitrogens with one attached hydrogen (secondary N) is 2. The Morgan fingerprint density at radius 1 is 1.00 bits per heavy atom. The van der Waals surface area contributed by atoms with Gasteiger partial charge in [-0.25, -0.2) is 0 Å². The number of nitrogens with zero attached hydrogens (tertiary/aromatic N) is 2. The molecule has 1 aliphatic rings. The number of amides is 2. The fourth-order valence-corrected chi connectivity index (χ4v) is 5.64. The molecule has 3 aromatic carbocycles. The number of aromatic amines is 1. The standard InChI is InChI=1S/C32H36N4O3/c1-35(22-23-11-4-3-5-12-23)18-10-17-33-31(37)29-25-14-6-7-15-26(25)32(38)36(19-20-39-2)30(29)27-21-34-28-16-9-8-13-24(27)28/h3-9,11-16,21,29-30,34H,10,17-20,22H2,1-2H3,(H,33,37). The van der Waals surface area contributed by atoms with Crippen molar-refractivity contribution in [2.45, 2.75) is 24.9 Å². The molecule has 0 fully saturated rings. The molecule has 7 heteroatoms. The lowest BCUT2D eigenvalue weighted by atomic mass is 9.79. The molecule has 0 saturated heterocycles. The summed E-state index contributed by atoms with van der Waals surface area (Å²) in [7, 11) is 3.72. The summed E-state index contributed by atoms with van der Waals surface area (Å²) < 4.78 is 5.37. The van der Waals surface area contributed by atoms with E-state index in [1.54, 1.807) is 12.0 Å². The van der Waals surface area contributed by atoms with Crippen LogP contribution in [0.3, 0.4) is 0 Å². The highest BCUT2D eigenvalue weighted by atomic mass is 16.5. The molecule has 1 aromatic heterocycles. The maximum absolute atomic E-state index is 14.0. The molecule has 2 N–H and O–H groups in total. The molecule has 0 bridgehead atoms. The molecule has 39 heavy (non-hydrogen) atoms.